The van der Waals surface area contributed by atoms with Crippen molar-refractivity contribution < 1.29 is 18.6 Å². The van der Waals surface area contributed by atoms with Crippen molar-refractivity contribution in [3.05, 3.63) is 65.0 Å². The Morgan fingerprint density at radius 2 is 1.88 bits per heavy atom. The molecule has 0 saturated heterocycles. The van der Waals surface area contributed by atoms with E-state index in [0.29, 0.717) is 48.2 Å². The summed E-state index contributed by atoms with van der Waals surface area (Å²) in [6, 6.07) is 12.7. The van der Waals surface area contributed by atoms with Gasteiger partial charge in [-0.15, -0.1) is 0 Å². The van der Waals surface area contributed by atoms with Gasteiger partial charge in [-0.05, 0) is 48.4 Å². The Kier molecular flexibility index (Phi) is 4.13. The highest BCUT2D eigenvalue weighted by molar-refractivity contribution is 5.83. The Balaban J connectivity index is 1.72. The van der Waals surface area contributed by atoms with Gasteiger partial charge in [0.25, 0.3) is 0 Å². The molecule has 0 radical (unpaired) electrons. The number of hydrogen-bond donors (Lipinski definition) is 0. The third kappa shape index (κ3) is 3.16. The van der Waals surface area contributed by atoms with Crippen molar-refractivity contribution in [3.8, 4) is 28.4 Å². The molecule has 0 atom stereocenters. The summed E-state index contributed by atoms with van der Waals surface area (Å²) in [7, 11) is 0. The molecule has 0 aliphatic carbocycles. The third-order valence-corrected chi connectivity index (χ3v) is 4.05. The van der Waals surface area contributed by atoms with Crippen molar-refractivity contribution in [2.75, 3.05) is 19.8 Å². The van der Waals surface area contributed by atoms with E-state index in [2.05, 4.69) is 6.58 Å². The first-order valence-electron chi connectivity index (χ1n) is 8.35. The topological polar surface area (TPSA) is 57.9 Å². The SMILES string of the molecule is C=C(C)COc1ccc2cc(-c3ccc4c(c3)OCCO4)c(=O)oc2c1. The molecule has 1 aliphatic heterocycles. The van der Waals surface area contributed by atoms with Gasteiger partial charge in [-0.3, -0.25) is 0 Å². The van der Waals surface area contributed by atoms with Crippen molar-refractivity contribution in [2.45, 2.75) is 6.92 Å². The first-order valence-corrected chi connectivity index (χ1v) is 8.35. The molecule has 1 aromatic heterocycles. The van der Waals surface area contributed by atoms with Crippen molar-refractivity contribution in [2.24, 2.45) is 0 Å². The predicted molar refractivity (Wildman–Crippen MR) is 99.2 cm³/mol. The van der Waals surface area contributed by atoms with Crippen LogP contribution in [0.1, 0.15) is 6.92 Å². The van der Waals surface area contributed by atoms with Crippen molar-refractivity contribution >= 4 is 11.0 Å². The van der Waals surface area contributed by atoms with Crippen molar-refractivity contribution in [1.82, 2.24) is 0 Å². The first-order chi connectivity index (χ1) is 12.6. The fraction of sp³-hybridized carbons (Fsp3) is 0.190. The van der Waals surface area contributed by atoms with E-state index in [1.165, 1.54) is 0 Å². The van der Waals surface area contributed by atoms with E-state index >= 15 is 0 Å². The highest BCUT2D eigenvalue weighted by Crippen LogP contribution is 2.34. The van der Waals surface area contributed by atoms with E-state index in [1.54, 1.807) is 12.1 Å². The second-order valence-corrected chi connectivity index (χ2v) is 6.25. The monoisotopic (exact) mass is 350 g/mol. The Bertz CT molecular complexity index is 1050. The highest BCUT2D eigenvalue weighted by atomic mass is 16.6. The minimum absolute atomic E-state index is 0.411. The molecule has 4 rings (SSSR count). The summed E-state index contributed by atoms with van der Waals surface area (Å²) >= 11 is 0. The molecule has 1 aliphatic rings. The van der Waals surface area contributed by atoms with Gasteiger partial charge in [0.05, 0.1) is 5.56 Å². The van der Waals surface area contributed by atoms with Crippen LogP contribution in [0.3, 0.4) is 0 Å². The molecular formula is C21H18O5. The van der Waals surface area contributed by atoms with E-state index in [9.17, 15) is 4.79 Å². The molecule has 0 unspecified atom stereocenters. The molecule has 0 saturated carbocycles. The van der Waals surface area contributed by atoms with Crippen LogP contribution < -0.4 is 19.8 Å². The zero-order chi connectivity index (χ0) is 18.1. The lowest BCUT2D eigenvalue weighted by Crippen LogP contribution is -2.15. The molecule has 0 fully saturated rings. The zero-order valence-corrected chi connectivity index (χ0v) is 14.4. The molecule has 3 aromatic rings. The number of benzene rings is 2. The van der Waals surface area contributed by atoms with Gasteiger partial charge in [-0.25, -0.2) is 4.79 Å². The number of hydrogen-bond acceptors (Lipinski definition) is 5. The molecule has 2 aromatic carbocycles. The molecule has 5 nitrogen and oxygen atoms in total. The van der Waals surface area contributed by atoms with Crippen LogP contribution in [-0.4, -0.2) is 19.8 Å². The minimum atomic E-state index is -0.411. The Morgan fingerprint density at radius 1 is 1.08 bits per heavy atom. The molecule has 26 heavy (non-hydrogen) atoms. The summed E-state index contributed by atoms with van der Waals surface area (Å²) in [6.45, 7) is 7.14. The van der Waals surface area contributed by atoms with Crippen LogP contribution in [-0.2, 0) is 0 Å². The maximum absolute atomic E-state index is 12.5. The average Bonchev–Trinajstić information content (AvgIpc) is 2.65. The minimum Gasteiger partial charge on any atom is -0.489 e. The van der Waals surface area contributed by atoms with Crippen molar-refractivity contribution in [3.63, 3.8) is 0 Å². The lowest BCUT2D eigenvalue weighted by atomic mass is 10.1. The molecule has 5 heteroatoms. The second kappa shape index (κ2) is 6.59. The summed E-state index contributed by atoms with van der Waals surface area (Å²) in [5.41, 5.74) is 2.19. The fourth-order valence-electron chi connectivity index (χ4n) is 2.80. The van der Waals surface area contributed by atoms with Gasteiger partial charge in [0, 0.05) is 11.5 Å². The van der Waals surface area contributed by atoms with Crippen molar-refractivity contribution in [1.29, 1.82) is 0 Å². The van der Waals surface area contributed by atoms with Gasteiger partial charge in [0.1, 0.15) is 31.2 Å². The molecule has 0 N–H and O–H groups in total. The van der Waals surface area contributed by atoms with Crippen LogP contribution in [0.25, 0.3) is 22.1 Å². The predicted octanol–water partition coefficient (Wildman–Crippen LogP) is 4.19. The van der Waals surface area contributed by atoms with Crippen LogP contribution in [0.2, 0.25) is 0 Å². The lowest BCUT2D eigenvalue weighted by Gasteiger charge is -2.18. The lowest BCUT2D eigenvalue weighted by molar-refractivity contribution is 0.171. The number of rotatable bonds is 4. The maximum Gasteiger partial charge on any atom is 0.344 e. The van der Waals surface area contributed by atoms with E-state index < -0.39 is 5.63 Å². The van der Waals surface area contributed by atoms with E-state index in [0.717, 1.165) is 16.5 Å². The van der Waals surface area contributed by atoms with Gasteiger partial charge in [0.15, 0.2) is 11.5 Å². The van der Waals surface area contributed by atoms with Crippen LogP contribution in [0.4, 0.5) is 0 Å². The van der Waals surface area contributed by atoms with Gasteiger partial charge in [0.2, 0.25) is 0 Å². The van der Waals surface area contributed by atoms with E-state index in [4.69, 9.17) is 18.6 Å². The standard InChI is InChI=1S/C21H18O5/c1-13(2)12-25-16-5-3-15-9-17(21(22)26-19(15)11-16)14-4-6-18-20(10-14)24-8-7-23-18/h3-6,9-11H,1,7-8,12H2,2H3. The fourth-order valence-corrected chi connectivity index (χ4v) is 2.80. The smallest absolute Gasteiger partial charge is 0.344 e. The van der Waals surface area contributed by atoms with Crippen LogP contribution in [0.15, 0.2) is 63.8 Å². The van der Waals surface area contributed by atoms with Gasteiger partial charge >= 0.3 is 5.63 Å². The molecule has 132 valence electrons. The van der Waals surface area contributed by atoms with Crippen LogP contribution in [0, 0.1) is 0 Å². The Labute approximate surface area is 150 Å². The summed E-state index contributed by atoms with van der Waals surface area (Å²) in [5, 5.41) is 0.817. The second-order valence-electron chi connectivity index (χ2n) is 6.25. The summed E-state index contributed by atoms with van der Waals surface area (Å²) in [5.74, 6) is 1.96. The maximum atomic E-state index is 12.5. The molecule has 0 spiro atoms. The van der Waals surface area contributed by atoms with Gasteiger partial charge in [-0.2, -0.15) is 0 Å². The van der Waals surface area contributed by atoms with Gasteiger partial charge in [-0.1, -0.05) is 12.6 Å². The van der Waals surface area contributed by atoms with Gasteiger partial charge < -0.3 is 18.6 Å². The summed E-state index contributed by atoms with van der Waals surface area (Å²) < 4.78 is 22.2. The number of ether oxygens (including phenoxy) is 3. The van der Waals surface area contributed by atoms with Crippen LogP contribution >= 0.6 is 0 Å². The zero-order valence-electron chi connectivity index (χ0n) is 14.4. The third-order valence-electron chi connectivity index (χ3n) is 4.05. The first kappa shape index (κ1) is 16.3. The quantitative estimate of drug-likeness (QED) is 0.522. The van der Waals surface area contributed by atoms with E-state index in [-0.39, 0.29) is 0 Å². The molecule has 0 bridgehead atoms. The van der Waals surface area contributed by atoms with Crippen LogP contribution in [0.5, 0.6) is 17.2 Å². The average molecular weight is 350 g/mol. The Hall–Kier alpha value is -3.21. The Morgan fingerprint density at radius 3 is 2.69 bits per heavy atom. The summed E-state index contributed by atoms with van der Waals surface area (Å²) in [6.07, 6.45) is 0. The molecule has 0 amide bonds. The highest BCUT2D eigenvalue weighted by Gasteiger charge is 2.15. The van der Waals surface area contributed by atoms with E-state index in [1.807, 2.05) is 37.3 Å². The molecular weight excluding hydrogens is 332 g/mol. The normalized spacial score (nSPS) is 12.8. The largest absolute Gasteiger partial charge is 0.489 e. The number of fused-ring (bicyclic) bond motifs is 2. The molecule has 2 heterocycles. The summed E-state index contributed by atoms with van der Waals surface area (Å²) in [4.78, 5) is 12.5.